The van der Waals surface area contributed by atoms with Gasteiger partial charge in [0, 0.05) is 36.7 Å². The van der Waals surface area contributed by atoms with Gasteiger partial charge in [-0.3, -0.25) is 9.59 Å². The van der Waals surface area contributed by atoms with Gasteiger partial charge in [0.05, 0.1) is 4.90 Å². The van der Waals surface area contributed by atoms with E-state index in [1.807, 2.05) is 19.1 Å². The van der Waals surface area contributed by atoms with Gasteiger partial charge < -0.3 is 4.74 Å². The van der Waals surface area contributed by atoms with Crippen LogP contribution in [0.1, 0.15) is 50.7 Å². The fourth-order valence-corrected chi connectivity index (χ4v) is 5.70. The fourth-order valence-electron chi connectivity index (χ4n) is 3.90. The van der Waals surface area contributed by atoms with Crippen molar-refractivity contribution in [3.8, 4) is 5.75 Å². The topological polar surface area (TPSA) is 80.8 Å². The summed E-state index contributed by atoms with van der Waals surface area (Å²) in [7, 11) is -3.76. The number of benzene rings is 2. The first-order valence-corrected chi connectivity index (χ1v) is 10.4. The first-order valence-electron chi connectivity index (χ1n) is 8.93. The Hall–Kier alpha value is -2.51. The number of sulfonamides is 1. The van der Waals surface area contributed by atoms with E-state index in [1.165, 1.54) is 11.2 Å². The SMILES string of the molecule is CC(=O)Oc1c(C)c(C=O)cc2c1CN(S(=O)(=O)c1c(C)cc(C)cc1C)C2. The summed E-state index contributed by atoms with van der Waals surface area (Å²) in [6.45, 7) is 8.68. The van der Waals surface area contributed by atoms with E-state index >= 15 is 0 Å². The summed E-state index contributed by atoms with van der Waals surface area (Å²) in [5.41, 5.74) is 4.61. The molecule has 2 aromatic carbocycles. The monoisotopic (exact) mass is 401 g/mol. The normalized spacial score (nSPS) is 14.0. The molecule has 0 fully saturated rings. The van der Waals surface area contributed by atoms with Crippen LogP contribution >= 0.6 is 0 Å². The second kappa shape index (κ2) is 7.14. The molecular weight excluding hydrogens is 378 g/mol. The summed E-state index contributed by atoms with van der Waals surface area (Å²) < 4.78 is 33.5. The van der Waals surface area contributed by atoms with E-state index in [2.05, 4.69) is 0 Å². The van der Waals surface area contributed by atoms with Crippen LogP contribution in [0.25, 0.3) is 0 Å². The van der Waals surface area contributed by atoms with Gasteiger partial charge in [0.1, 0.15) is 12.0 Å². The Morgan fingerprint density at radius 3 is 2.21 bits per heavy atom. The van der Waals surface area contributed by atoms with E-state index in [0.717, 1.165) is 5.56 Å². The third-order valence-electron chi connectivity index (χ3n) is 5.02. The molecule has 0 amide bonds. The maximum atomic E-state index is 13.4. The van der Waals surface area contributed by atoms with Gasteiger partial charge in [0.2, 0.25) is 10.0 Å². The van der Waals surface area contributed by atoms with Crippen LogP contribution in [0.5, 0.6) is 5.75 Å². The first-order chi connectivity index (χ1) is 13.1. The molecule has 0 atom stereocenters. The molecule has 0 N–H and O–H groups in total. The van der Waals surface area contributed by atoms with Crippen molar-refractivity contribution in [2.45, 2.75) is 52.6 Å². The van der Waals surface area contributed by atoms with Crippen LogP contribution in [-0.2, 0) is 27.9 Å². The lowest BCUT2D eigenvalue weighted by Crippen LogP contribution is -2.27. The average Bonchev–Trinajstić information content (AvgIpc) is 3.00. The van der Waals surface area contributed by atoms with Crippen molar-refractivity contribution in [2.24, 2.45) is 0 Å². The molecule has 28 heavy (non-hydrogen) atoms. The molecule has 2 aromatic rings. The number of fused-ring (bicyclic) bond motifs is 1. The molecule has 0 radical (unpaired) electrons. The molecule has 0 spiro atoms. The molecule has 3 rings (SSSR count). The predicted molar refractivity (Wildman–Crippen MR) is 105 cm³/mol. The van der Waals surface area contributed by atoms with Gasteiger partial charge >= 0.3 is 5.97 Å². The van der Waals surface area contributed by atoms with E-state index < -0.39 is 16.0 Å². The number of carbonyl (C=O) groups is 2. The third kappa shape index (κ3) is 3.36. The van der Waals surface area contributed by atoms with E-state index in [-0.39, 0.29) is 18.8 Å². The summed E-state index contributed by atoms with van der Waals surface area (Å²) in [6.07, 6.45) is 0.689. The number of aryl methyl sites for hydroxylation is 3. The van der Waals surface area contributed by atoms with Crippen LogP contribution in [0, 0.1) is 27.7 Å². The summed E-state index contributed by atoms with van der Waals surface area (Å²) in [5, 5.41) is 0. The van der Waals surface area contributed by atoms with Crippen molar-refractivity contribution in [1.82, 2.24) is 4.31 Å². The molecule has 0 aliphatic carbocycles. The molecule has 1 aliphatic rings. The van der Waals surface area contributed by atoms with Gasteiger partial charge in [0.15, 0.2) is 0 Å². The minimum atomic E-state index is -3.76. The molecule has 1 heterocycles. The minimum absolute atomic E-state index is 0.0903. The highest BCUT2D eigenvalue weighted by Crippen LogP contribution is 2.39. The maximum Gasteiger partial charge on any atom is 0.308 e. The smallest absolute Gasteiger partial charge is 0.308 e. The first kappa shape index (κ1) is 20.2. The minimum Gasteiger partial charge on any atom is -0.426 e. The largest absolute Gasteiger partial charge is 0.426 e. The van der Waals surface area contributed by atoms with Crippen molar-refractivity contribution >= 4 is 22.3 Å². The quantitative estimate of drug-likeness (QED) is 0.446. The fraction of sp³-hybridized carbons (Fsp3) is 0.333. The molecule has 0 unspecified atom stereocenters. The third-order valence-corrected chi connectivity index (χ3v) is 7.12. The Morgan fingerprint density at radius 2 is 1.68 bits per heavy atom. The van der Waals surface area contributed by atoms with Gasteiger partial charge in [-0.05, 0) is 50.5 Å². The molecular formula is C21H23NO5S. The Kier molecular flexibility index (Phi) is 5.16. The summed E-state index contributed by atoms with van der Waals surface area (Å²) >= 11 is 0. The average molecular weight is 401 g/mol. The number of esters is 1. The molecule has 0 saturated carbocycles. The zero-order valence-electron chi connectivity index (χ0n) is 16.6. The van der Waals surface area contributed by atoms with E-state index in [4.69, 9.17) is 4.74 Å². The zero-order valence-corrected chi connectivity index (χ0v) is 17.4. The second-order valence-electron chi connectivity index (χ2n) is 7.27. The second-order valence-corrected chi connectivity index (χ2v) is 9.14. The Bertz CT molecular complexity index is 1080. The van der Waals surface area contributed by atoms with Gasteiger partial charge in [-0.1, -0.05) is 17.7 Å². The number of hydrogen-bond donors (Lipinski definition) is 0. The number of rotatable bonds is 4. The van der Waals surface area contributed by atoms with Crippen molar-refractivity contribution in [3.63, 3.8) is 0 Å². The molecule has 0 bridgehead atoms. The van der Waals surface area contributed by atoms with Crippen LogP contribution < -0.4 is 4.74 Å². The Labute approximate surface area is 165 Å². The molecule has 7 heteroatoms. The number of carbonyl (C=O) groups excluding carboxylic acids is 2. The van der Waals surface area contributed by atoms with Crippen molar-refractivity contribution in [1.29, 1.82) is 0 Å². The molecule has 0 saturated heterocycles. The Morgan fingerprint density at radius 1 is 1.07 bits per heavy atom. The number of aldehydes is 1. The number of ether oxygens (including phenoxy) is 1. The summed E-state index contributed by atoms with van der Waals surface area (Å²) in [5.74, 6) is -0.234. The lowest BCUT2D eigenvalue weighted by Gasteiger charge is -2.19. The summed E-state index contributed by atoms with van der Waals surface area (Å²) in [4.78, 5) is 23.3. The highest BCUT2D eigenvalue weighted by atomic mass is 32.2. The van der Waals surface area contributed by atoms with E-state index in [0.29, 0.717) is 44.6 Å². The van der Waals surface area contributed by atoms with Crippen molar-refractivity contribution in [2.75, 3.05) is 0 Å². The van der Waals surface area contributed by atoms with Crippen LogP contribution in [-0.4, -0.2) is 25.0 Å². The standard InChI is InChI=1S/C21H23NO5S/c1-12-6-13(2)21(14(3)7-12)28(25,26)22-9-17-8-18(11-23)15(4)20(19(17)10-22)27-16(5)24/h6-8,11H,9-10H2,1-5H3. The van der Waals surface area contributed by atoms with E-state index in [1.54, 1.807) is 26.8 Å². The van der Waals surface area contributed by atoms with Crippen molar-refractivity contribution < 1.29 is 22.7 Å². The van der Waals surface area contributed by atoms with Crippen LogP contribution in [0.4, 0.5) is 0 Å². The highest BCUT2D eigenvalue weighted by Gasteiger charge is 2.35. The molecule has 148 valence electrons. The lowest BCUT2D eigenvalue weighted by atomic mass is 10.00. The van der Waals surface area contributed by atoms with Gasteiger partial charge in [0.25, 0.3) is 0 Å². The van der Waals surface area contributed by atoms with Crippen LogP contribution in [0.3, 0.4) is 0 Å². The molecule has 6 nitrogen and oxygen atoms in total. The van der Waals surface area contributed by atoms with Gasteiger partial charge in [-0.2, -0.15) is 4.31 Å². The number of nitrogens with zero attached hydrogens (tertiary/aromatic N) is 1. The number of hydrogen-bond acceptors (Lipinski definition) is 5. The highest BCUT2D eigenvalue weighted by molar-refractivity contribution is 7.89. The van der Waals surface area contributed by atoms with Crippen LogP contribution in [0.2, 0.25) is 0 Å². The van der Waals surface area contributed by atoms with Crippen molar-refractivity contribution in [3.05, 3.63) is 57.1 Å². The Balaban J connectivity index is 2.10. The van der Waals surface area contributed by atoms with Gasteiger partial charge in [-0.25, -0.2) is 8.42 Å². The van der Waals surface area contributed by atoms with E-state index in [9.17, 15) is 18.0 Å². The maximum absolute atomic E-state index is 13.4. The van der Waals surface area contributed by atoms with Crippen LogP contribution in [0.15, 0.2) is 23.1 Å². The van der Waals surface area contributed by atoms with Gasteiger partial charge in [-0.15, -0.1) is 0 Å². The summed E-state index contributed by atoms with van der Waals surface area (Å²) in [6, 6.07) is 5.37. The predicted octanol–water partition coefficient (Wildman–Crippen LogP) is 3.36. The lowest BCUT2D eigenvalue weighted by molar-refractivity contribution is -0.132. The molecule has 0 aromatic heterocycles. The zero-order chi connectivity index (χ0) is 20.8. The molecule has 1 aliphatic heterocycles.